The van der Waals surface area contributed by atoms with Crippen LogP contribution in [0.4, 0.5) is 0 Å². The Morgan fingerprint density at radius 2 is 1.50 bits per heavy atom. The molecule has 114 valence electrons. The first kappa shape index (κ1) is 17.2. The molecule has 0 saturated heterocycles. The van der Waals surface area contributed by atoms with Crippen molar-refractivity contribution in [2.24, 2.45) is 5.41 Å². The highest BCUT2D eigenvalue weighted by Gasteiger charge is 2.18. The molecule has 0 spiro atoms. The van der Waals surface area contributed by atoms with E-state index in [4.69, 9.17) is 0 Å². The van der Waals surface area contributed by atoms with Crippen molar-refractivity contribution in [1.29, 1.82) is 0 Å². The molecule has 0 aromatic heterocycles. The number of hydrogen-bond donors (Lipinski definition) is 1. The molecule has 0 saturated carbocycles. The summed E-state index contributed by atoms with van der Waals surface area (Å²) in [5.41, 5.74) is 6.63. The monoisotopic (exact) mass is 275 g/mol. The fourth-order valence-electron chi connectivity index (χ4n) is 3.06. The van der Waals surface area contributed by atoms with E-state index in [2.05, 4.69) is 52.1 Å². The van der Waals surface area contributed by atoms with Gasteiger partial charge in [0.05, 0.1) is 0 Å². The number of benzene rings is 1. The van der Waals surface area contributed by atoms with Gasteiger partial charge in [-0.25, -0.2) is 0 Å². The predicted molar refractivity (Wildman–Crippen MR) is 90.6 cm³/mol. The second-order valence-electron chi connectivity index (χ2n) is 6.65. The summed E-state index contributed by atoms with van der Waals surface area (Å²) in [4.78, 5) is 0. The van der Waals surface area contributed by atoms with Gasteiger partial charge in [0.15, 0.2) is 0 Å². The Morgan fingerprint density at radius 3 is 1.90 bits per heavy atom. The maximum absolute atomic E-state index is 3.32. The van der Waals surface area contributed by atoms with E-state index in [1.807, 2.05) is 7.05 Å². The second-order valence-corrected chi connectivity index (χ2v) is 6.65. The van der Waals surface area contributed by atoms with Crippen molar-refractivity contribution in [2.45, 2.75) is 66.7 Å². The van der Waals surface area contributed by atoms with Crippen molar-refractivity contribution in [3.05, 3.63) is 34.4 Å². The first-order chi connectivity index (χ1) is 9.47. The molecule has 0 atom stereocenters. The molecular formula is C19H33N. The van der Waals surface area contributed by atoms with Crippen LogP contribution < -0.4 is 5.32 Å². The molecule has 1 aromatic carbocycles. The molecule has 0 aliphatic rings. The number of aryl methyl sites for hydroxylation is 3. The first-order valence-electron chi connectivity index (χ1n) is 8.25. The average molecular weight is 275 g/mol. The Balaban J connectivity index is 2.98. The molecule has 1 nitrogen and oxygen atoms in total. The van der Waals surface area contributed by atoms with Crippen LogP contribution in [-0.2, 0) is 25.7 Å². The highest BCUT2D eigenvalue weighted by Crippen LogP contribution is 2.27. The molecule has 0 aliphatic heterocycles. The van der Waals surface area contributed by atoms with Crippen LogP contribution >= 0.6 is 0 Å². The zero-order valence-electron chi connectivity index (χ0n) is 14.4. The molecule has 1 heteroatoms. The topological polar surface area (TPSA) is 12.0 Å². The summed E-state index contributed by atoms with van der Waals surface area (Å²) < 4.78 is 0. The zero-order chi connectivity index (χ0) is 15.2. The molecule has 0 bridgehead atoms. The molecule has 1 N–H and O–H groups in total. The van der Waals surface area contributed by atoms with Gasteiger partial charge in [0, 0.05) is 0 Å². The third-order valence-corrected chi connectivity index (χ3v) is 4.37. The quantitative estimate of drug-likeness (QED) is 0.734. The molecule has 0 unspecified atom stereocenters. The van der Waals surface area contributed by atoms with E-state index in [-0.39, 0.29) is 0 Å². The van der Waals surface area contributed by atoms with E-state index in [0.717, 1.165) is 25.8 Å². The Hall–Kier alpha value is -0.820. The van der Waals surface area contributed by atoms with Crippen molar-refractivity contribution in [3.8, 4) is 0 Å². The molecule has 0 heterocycles. The van der Waals surface area contributed by atoms with E-state index < -0.39 is 0 Å². The van der Waals surface area contributed by atoms with Crippen molar-refractivity contribution >= 4 is 0 Å². The van der Waals surface area contributed by atoms with E-state index in [1.54, 1.807) is 16.7 Å². The summed E-state index contributed by atoms with van der Waals surface area (Å²) in [6, 6.07) is 4.86. The molecule has 1 aromatic rings. The maximum Gasteiger partial charge on any atom is -0.0000373 e. The maximum atomic E-state index is 3.32. The van der Waals surface area contributed by atoms with Gasteiger partial charge >= 0.3 is 0 Å². The van der Waals surface area contributed by atoms with Crippen LogP contribution in [0.25, 0.3) is 0 Å². The minimum Gasteiger partial charge on any atom is -0.319 e. The molecular weight excluding hydrogens is 242 g/mol. The Labute approximate surface area is 126 Å². The molecule has 0 amide bonds. The van der Waals surface area contributed by atoms with Gasteiger partial charge in [-0.1, -0.05) is 46.8 Å². The van der Waals surface area contributed by atoms with Gasteiger partial charge < -0.3 is 5.32 Å². The summed E-state index contributed by atoms with van der Waals surface area (Å²) in [7, 11) is 2.05. The highest BCUT2D eigenvalue weighted by atomic mass is 14.8. The largest absolute Gasteiger partial charge is 0.319 e. The second kappa shape index (κ2) is 7.83. The van der Waals surface area contributed by atoms with Crippen LogP contribution in [0.1, 0.15) is 63.3 Å². The minimum atomic E-state index is 0.369. The van der Waals surface area contributed by atoms with Crippen LogP contribution in [-0.4, -0.2) is 13.6 Å². The van der Waals surface area contributed by atoms with E-state index in [1.165, 1.54) is 18.4 Å². The van der Waals surface area contributed by atoms with Crippen molar-refractivity contribution < 1.29 is 0 Å². The van der Waals surface area contributed by atoms with Crippen molar-refractivity contribution in [3.63, 3.8) is 0 Å². The predicted octanol–water partition coefficient (Wildman–Crippen LogP) is 4.55. The average Bonchev–Trinajstić information content (AvgIpc) is 2.44. The summed E-state index contributed by atoms with van der Waals surface area (Å²) in [6.07, 6.45) is 5.92. The normalized spacial score (nSPS) is 11.9. The van der Waals surface area contributed by atoms with Crippen LogP contribution in [0, 0.1) is 5.41 Å². The SMILES string of the molecule is CCc1cc(CC)c(CCC(C)(C)CNC)c(CC)c1. The van der Waals surface area contributed by atoms with E-state index >= 15 is 0 Å². The summed E-state index contributed by atoms with van der Waals surface area (Å²) >= 11 is 0. The van der Waals surface area contributed by atoms with Gasteiger partial charge in [-0.15, -0.1) is 0 Å². The fourth-order valence-corrected chi connectivity index (χ4v) is 3.06. The van der Waals surface area contributed by atoms with Crippen LogP contribution in [0.5, 0.6) is 0 Å². The zero-order valence-corrected chi connectivity index (χ0v) is 14.4. The lowest BCUT2D eigenvalue weighted by Gasteiger charge is -2.25. The Kier molecular flexibility index (Phi) is 6.75. The first-order valence-corrected chi connectivity index (χ1v) is 8.25. The number of nitrogens with one attached hydrogen (secondary N) is 1. The lowest BCUT2D eigenvalue weighted by atomic mass is 9.83. The van der Waals surface area contributed by atoms with Crippen molar-refractivity contribution in [1.82, 2.24) is 5.32 Å². The van der Waals surface area contributed by atoms with Gasteiger partial charge in [-0.05, 0) is 73.4 Å². The van der Waals surface area contributed by atoms with Gasteiger partial charge in [0.25, 0.3) is 0 Å². The van der Waals surface area contributed by atoms with Crippen LogP contribution in [0.2, 0.25) is 0 Å². The molecule has 0 radical (unpaired) electrons. The molecule has 0 fully saturated rings. The van der Waals surface area contributed by atoms with Crippen LogP contribution in [0.3, 0.4) is 0 Å². The standard InChI is InChI=1S/C19H33N/c1-7-15-12-16(8-2)18(17(9-3)13-15)10-11-19(4,5)14-20-6/h12-13,20H,7-11,14H2,1-6H3. The third kappa shape index (κ3) is 4.63. The van der Waals surface area contributed by atoms with Crippen molar-refractivity contribution in [2.75, 3.05) is 13.6 Å². The minimum absolute atomic E-state index is 0.369. The van der Waals surface area contributed by atoms with Gasteiger partial charge in [0.1, 0.15) is 0 Å². The Morgan fingerprint density at radius 1 is 0.950 bits per heavy atom. The lowest BCUT2D eigenvalue weighted by Crippen LogP contribution is -2.27. The Bertz CT molecular complexity index is 393. The van der Waals surface area contributed by atoms with Gasteiger partial charge in [-0.3, -0.25) is 0 Å². The summed E-state index contributed by atoms with van der Waals surface area (Å²) in [5, 5.41) is 3.32. The molecule has 1 rings (SSSR count). The smallest absolute Gasteiger partial charge is 0.0000373 e. The van der Waals surface area contributed by atoms with E-state index in [9.17, 15) is 0 Å². The molecule has 20 heavy (non-hydrogen) atoms. The van der Waals surface area contributed by atoms with Crippen LogP contribution in [0.15, 0.2) is 12.1 Å². The fraction of sp³-hybridized carbons (Fsp3) is 0.684. The third-order valence-electron chi connectivity index (χ3n) is 4.37. The number of rotatable bonds is 8. The summed E-state index contributed by atoms with van der Waals surface area (Å²) in [5.74, 6) is 0. The van der Waals surface area contributed by atoms with Gasteiger partial charge in [0.2, 0.25) is 0 Å². The number of hydrogen-bond acceptors (Lipinski definition) is 1. The molecule has 0 aliphatic carbocycles. The summed E-state index contributed by atoms with van der Waals surface area (Å²) in [6.45, 7) is 12.6. The lowest BCUT2D eigenvalue weighted by molar-refractivity contribution is 0.324. The van der Waals surface area contributed by atoms with Gasteiger partial charge in [-0.2, -0.15) is 0 Å². The van der Waals surface area contributed by atoms with E-state index in [0.29, 0.717) is 5.41 Å². The highest BCUT2D eigenvalue weighted by molar-refractivity contribution is 5.40.